The van der Waals surface area contributed by atoms with Gasteiger partial charge in [0, 0.05) is 11.8 Å². The van der Waals surface area contributed by atoms with E-state index in [0.717, 1.165) is 16.2 Å². The van der Waals surface area contributed by atoms with E-state index in [9.17, 15) is 4.79 Å². The second-order valence-electron chi connectivity index (χ2n) is 5.41. The number of hydrogen-bond donors (Lipinski definition) is 2. The summed E-state index contributed by atoms with van der Waals surface area (Å²) in [6.07, 6.45) is 0. The van der Waals surface area contributed by atoms with Crippen LogP contribution in [0, 0.1) is 0 Å². The molecule has 3 rings (SSSR count). The third kappa shape index (κ3) is 3.71. The standard InChI is InChI=1S/C18H19N3O3S/c1-21-14-7-5-4-6-13(14)20-18(21)25-11-17(22)19-12-8-9-15(23-2)16(10-12)24-3/h4-10H,11H2,1-3H3,(H,19,22)/p+1. The van der Waals surface area contributed by atoms with Crippen molar-refractivity contribution in [2.24, 2.45) is 7.05 Å². The van der Waals surface area contributed by atoms with Gasteiger partial charge in [0.25, 0.3) is 0 Å². The zero-order valence-corrected chi connectivity index (χ0v) is 15.1. The lowest BCUT2D eigenvalue weighted by atomic mass is 10.2. The van der Waals surface area contributed by atoms with Gasteiger partial charge < -0.3 is 14.8 Å². The molecule has 0 aliphatic heterocycles. The van der Waals surface area contributed by atoms with Crippen molar-refractivity contribution in [2.75, 3.05) is 25.3 Å². The summed E-state index contributed by atoms with van der Waals surface area (Å²) in [5.41, 5.74) is 2.82. The molecule has 0 saturated heterocycles. The first-order valence-corrected chi connectivity index (χ1v) is 8.72. The molecule has 0 radical (unpaired) electrons. The summed E-state index contributed by atoms with van der Waals surface area (Å²) in [7, 11) is 5.12. The third-order valence-corrected chi connectivity index (χ3v) is 4.87. The summed E-state index contributed by atoms with van der Waals surface area (Å²) in [4.78, 5) is 15.6. The number of aromatic nitrogens is 2. The van der Waals surface area contributed by atoms with Crippen LogP contribution in [0.5, 0.6) is 11.5 Å². The molecule has 0 atom stereocenters. The molecule has 0 aliphatic carbocycles. The molecule has 1 heterocycles. The maximum atomic E-state index is 12.2. The topological polar surface area (TPSA) is 67.2 Å². The number of amides is 1. The number of fused-ring (bicyclic) bond motifs is 1. The molecular formula is C18H20N3O3S+. The molecule has 6 nitrogen and oxygen atoms in total. The number of carbonyl (C=O) groups is 1. The number of benzene rings is 2. The second-order valence-corrected chi connectivity index (χ2v) is 6.38. The number of carbonyl (C=O) groups excluding carboxylic acids is 1. The lowest BCUT2D eigenvalue weighted by molar-refractivity contribution is -0.683. The van der Waals surface area contributed by atoms with E-state index in [1.54, 1.807) is 32.4 Å². The molecule has 1 aromatic heterocycles. The Labute approximate surface area is 150 Å². The quantitative estimate of drug-likeness (QED) is 0.525. The van der Waals surface area contributed by atoms with Gasteiger partial charge in [-0.3, -0.25) is 4.79 Å². The van der Waals surface area contributed by atoms with Crippen molar-refractivity contribution >= 4 is 34.4 Å². The Kier molecular flexibility index (Phi) is 5.14. The third-order valence-electron chi connectivity index (χ3n) is 3.82. The van der Waals surface area contributed by atoms with Crippen LogP contribution >= 0.6 is 11.8 Å². The Hall–Kier alpha value is -2.67. The van der Waals surface area contributed by atoms with Crippen molar-refractivity contribution in [3.63, 3.8) is 0 Å². The molecule has 130 valence electrons. The zero-order chi connectivity index (χ0) is 17.8. The molecule has 0 saturated carbocycles. The van der Waals surface area contributed by atoms with Crippen LogP contribution in [0.4, 0.5) is 5.69 Å². The van der Waals surface area contributed by atoms with Crippen LogP contribution in [0.25, 0.3) is 11.0 Å². The summed E-state index contributed by atoms with van der Waals surface area (Å²) in [6.45, 7) is 0. The maximum Gasteiger partial charge on any atom is 0.317 e. The normalized spacial score (nSPS) is 10.7. The number of hydrogen-bond acceptors (Lipinski definition) is 4. The van der Waals surface area contributed by atoms with E-state index < -0.39 is 0 Å². The number of nitrogens with one attached hydrogen (secondary N) is 2. The molecule has 1 amide bonds. The lowest BCUT2D eigenvalue weighted by Gasteiger charge is -2.10. The van der Waals surface area contributed by atoms with Gasteiger partial charge in [-0.25, -0.2) is 9.55 Å². The highest BCUT2D eigenvalue weighted by atomic mass is 32.2. The fraction of sp³-hybridized carbons (Fsp3) is 0.222. The zero-order valence-electron chi connectivity index (χ0n) is 14.3. The van der Waals surface area contributed by atoms with Crippen LogP contribution in [-0.2, 0) is 11.8 Å². The number of imidazole rings is 1. The van der Waals surface area contributed by atoms with Crippen molar-refractivity contribution in [1.29, 1.82) is 0 Å². The summed E-state index contributed by atoms with van der Waals surface area (Å²) in [5.74, 6) is 1.42. The smallest absolute Gasteiger partial charge is 0.317 e. The molecule has 0 spiro atoms. The number of para-hydroxylation sites is 2. The molecule has 0 aliphatic rings. The van der Waals surface area contributed by atoms with Gasteiger partial charge >= 0.3 is 5.16 Å². The average molecular weight is 358 g/mol. The molecule has 2 N–H and O–H groups in total. The van der Waals surface area contributed by atoms with Crippen LogP contribution in [-0.4, -0.2) is 30.9 Å². The van der Waals surface area contributed by atoms with Gasteiger partial charge in [-0.2, -0.15) is 0 Å². The Bertz CT molecular complexity index is 908. The molecule has 0 bridgehead atoms. The summed E-state index contributed by atoms with van der Waals surface area (Å²) in [5, 5.41) is 3.81. The van der Waals surface area contributed by atoms with Crippen molar-refractivity contribution in [3.8, 4) is 11.5 Å². The highest BCUT2D eigenvalue weighted by Crippen LogP contribution is 2.29. The predicted octanol–water partition coefficient (Wildman–Crippen LogP) is 2.74. The van der Waals surface area contributed by atoms with Crippen LogP contribution in [0.2, 0.25) is 0 Å². The number of ether oxygens (including phenoxy) is 2. The van der Waals surface area contributed by atoms with Crippen molar-refractivity contribution in [2.45, 2.75) is 5.16 Å². The minimum atomic E-state index is -0.0872. The van der Waals surface area contributed by atoms with E-state index in [4.69, 9.17) is 9.47 Å². The number of aromatic amines is 1. The first-order chi connectivity index (χ1) is 12.1. The molecule has 0 fully saturated rings. The van der Waals surface area contributed by atoms with E-state index in [1.807, 2.05) is 35.9 Å². The average Bonchev–Trinajstić information content (AvgIpc) is 2.96. The Morgan fingerprint density at radius 3 is 2.64 bits per heavy atom. The number of anilines is 1. The monoisotopic (exact) mass is 358 g/mol. The van der Waals surface area contributed by atoms with Gasteiger partial charge in [-0.1, -0.05) is 12.1 Å². The first kappa shape index (κ1) is 17.2. The molecule has 3 aromatic rings. The number of nitrogens with zero attached hydrogens (tertiary/aromatic N) is 1. The van der Waals surface area contributed by atoms with Crippen LogP contribution in [0.15, 0.2) is 47.6 Å². The fourth-order valence-corrected chi connectivity index (χ4v) is 3.37. The Balaban J connectivity index is 1.65. The number of H-pyrrole nitrogens is 1. The van der Waals surface area contributed by atoms with Gasteiger partial charge in [0.05, 0.1) is 27.0 Å². The minimum Gasteiger partial charge on any atom is -0.493 e. The van der Waals surface area contributed by atoms with E-state index in [-0.39, 0.29) is 5.91 Å². The number of rotatable bonds is 6. The van der Waals surface area contributed by atoms with E-state index in [2.05, 4.69) is 10.3 Å². The number of aryl methyl sites for hydroxylation is 1. The fourth-order valence-electron chi connectivity index (χ4n) is 2.56. The highest BCUT2D eigenvalue weighted by Gasteiger charge is 2.17. The van der Waals surface area contributed by atoms with Gasteiger partial charge in [0.15, 0.2) is 22.5 Å². The van der Waals surface area contributed by atoms with Crippen LogP contribution < -0.4 is 19.4 Å². The molecule has 0 unspecified atom stereocenters. The molecule has 7 heteroatoms. The summed E-state index contributed by atoms with van der Waals surface area (Å²) in [6, 6.07) is 13.3. The Morgan fingerprint density at radius 1 is 1.16 bits per heavy atom. The largest absolute Gasteiger partial charge is 0.493 e. The van der Waals surface area contributed by atoms with E-state index in [1.165, 1.54) is 11.8 Å². The van der Waals surface area contributed by atoms with Crippen molar-refractivity contribution in [1.82, 2.24) is 4.98 Å². The lowest BCUT2D eigenvalue weighted by Crippen LogP contribution is -2.29. The maximum absolute atomic E-state index is 12.2. The van der Waals surface area contributed by atoms with Gasteiger partial charge in [0.1, 0.15) is 0 Å². The number of thioether (sulfide) groups is 1. The van der Waals surface area contributed by atoms with Crippen LogP contribution in [0.3, 0.4) is 0 Å². The molecular weight excluding hydrogens is 338 g/mol. The van der Waals surface area contributed by atoms with Crippen LogP contribution in [0.1, 0.15) is 0 Å². The second kappa shape index (κ2) is 7.48. The Morgan fingerprint density at radius 2 is 1.92 bits per heavy atom. The van der Waals surface area contributed by atoms with E-state index in [0.29, 0.717) is 22.9 Å². The molecule has 25 heavy (non-hydrogen) atoms. The van der Waals surface area contributed by atoms with Crippen molar-refractivity contribution < 1.29 is 18.8 Å². The van der Waals surface area contributed by atoms with Gasteiger partial charge in [-0.05, 0) is 36.0 Å². The first-order valence-electron chi connectivity index (χ1n) is 7.74. The minimum absolute atomic E-state index is 0.0872. The predicted molar refractivity (Wildman–Crippen MR) is 98.4 cm³/mol. The molecule has 2 aromatic carbocycles. The van der Waals surface area contributed by atoms with Gasteiger partial charge in [-0.15, -0.1) is 0 Å². The summed E-state index contributed by atoms with van der Waals surface area (Å²) < 4.78 is 12.5. The number of methoxy groups -OCH3 is 2. The SMILES string of the molecule is COc1ccc(NC(=O)CSc2[nH]c3ccccc3[n+]2C)cc1OC. The van der Waals surface area contributed by atoms with Gasteiger partial charge in [0.2, 0.25) is 5.91 Å². The highest BCUT2D eigenvalue weighted by molar-refractivity contribution is 7.99. The van der Waals surface area contributed by atoms with Crippen molar-refractivity contribution in [3.05, 3.63) is 42.5 Å². The summed E-state index contributed by atoms with van der Waals surface area (Å²) >= 11 is 1.46. The van der Waals surface area contributed by atoms with E-state index >= 15 is 0 Å².